The molecule has 1 amide bonds. The molecule has 3 N–H and O–H groups in total. The number of nitrogens with one attached hydrogen (secondary N) is 1. The van der Waals surface area contributed by atoms with Gasteiger partial charge < -0.3 is 15.5 Å². The standard InChI is InChI=1S/C12H16FNO3/c1-7-5-9(6-8(2)11(7)13)14-12(17)10(16)3-4-15/h5-6,10,15-16H,3-4H2,1-2H3,(H,14,17). The van der Waals surface area contributed by atoms with Crippen molar-refractivity contribution in [2.45, 2.75) is 26.4 Å². The number of amides is 1. The number of rotatable bonds is 4. The Morgan fingerprint density at radius 2 is 1.94 bits per heavy atom. The molecule has 0 aliphatic rings. The molecule has 0 saturated carbocycles. The topological polar surface area (TPSA) is 69.6 Å². The highest BCUT2D eigenvalue weighted by molar-refractivity contribution is 5.94. The summed E-state index contributed by atoms with van der Waals surface area (Å²) in [5.41, 5.74) is 1.29. The van der Waals surface area contributed by atoms with Crippen molar-refractivity contribution in [2.24, 2.45) is 0 Å². The van der Waals surface area contributed by atoms with Gasteiger partial charge in [0.15, 0.2) is 0 Å². The number of carbonyl (C=O) groups is 1. The zero-order valence-electron chi connectivity index (χ0n) is 9.83. The Kier molecular flexibility index (Phi) is 4.60. The summed E-state index contributed by atoms with van der Waals surface area (Å²) in [7, 11) is 0. The first kappa shape index (κ1) is 13.6. The van der Waals surface area contributed by atoms with Crippen molar-refractivity contribution in [2.75, 3.05) is 11.9 Å². The van der Waals surface area contributed by atoms with Crippen LogP contribution in [0.5, 0.6) is 0 Å². The summed E-state index contributed by atoms with van der Waals surface area (Å²) < 4.78 is 13.3. The summed E-state index contributed by atoms with van der Waals surface area (Å²) in [5, 5.41) is 20.4. The molecule has 1 unspecified atom stereocenters. The van der Waals surface area contributed by atoms with Gasteiger partial charge in [-0.1, -0.05) is 0 Å². The highest BCUT2D eigenvalue weighted by atomic mass is 19.1. The smallest absolute Gasteiger partial charge is 0.253 e. The molecule has 0 saturated heterocycles. The maximum absolute atomic E-state index is 13.3. The lowest BCUT2D eigenvalue weighted by molar-refractivity contribution is -0.124. The van der Waals surface area contributed by atoms with Crippen LogP contribution in [0.1, 0.15) is 17.5 Å². The van der Waals surface area contributed by atoms with E-state index in [9.17, 15) is 14.3 Å². The monoisotopic (exact) mass is 241 g/mol. The molecular formula is C12H16FNO3. The lowest BCUT2D eigenvalue weighted by atomic mass is 10.1. The van der Waals surface area contributed by atoms with E-state index in [1.54, 1.807) is 13.8 Å². The number of aliphatic hydroxyl groups excluding tert-OH is 2. The third-order valence-corrected chi connectivity index (χ3v) is 2.41. The Bertz CT molecular complexity index is 397. The summed E-state index contributed by atoms with van der Waals surface area (Å²) in [4.78, 5) is 11.4. The molecule has 0 spiro atoms. The number of aliphatic hydroxyl groups is 2. The van der Waals surface area contributed by atoms with Crippen molar-refractivity contribution in [3.8, 4) is 0 Å². The van der Waals surface area contributed by atoms with Crippen LogP contribution >= 0.6 is 0 Å². The fourth-order valence-corrected chi connectivity index (χ4v) is 1.50. The molecule has 17 heavy (non-hydrogen) atoms. The van der Waals surface area contributed by atoms with Crippen LogP contribution in [-0.2, 0) is 4.79 Å². The van der Waals surface area contributed by atoms with E-state index in [0.717, 1.165) is 0 Å². The number of halogens is 1. The van der Waals surface area contributed by atoms with Crippen LogP contribution in [0.25, 0.3) is 0 Å². The first-order valence-electron chi connectivity index (χ1n) is 5.32. The second-order valence-corrected chi connectivity index (χ2v) is 3.94. The maximum atomic E-state index is 13.3. The van der Waals surface area contributed by atoms with Crippen molar-refractivity contribution in [3.05, 3.63) is 29.1 Å². The van der Waals surface area contributed by atoms with Crippen LogP contribution in [0.3, 0.4) is 0 Å². The number of aryl methyl sites for hydroxylation is 2. The molecule has 1 aromatic carbocycles. The van der Waals surface area contributed by atoms with E-state index >= 15 is 0 Å². The van der Waals surface area contributed by atoms with Crippen LogP contribution in [0.15, 0.2) is 12.1 Å². The summed E-state index contributed by atoms with van der Waals surface area (Å²) in [6.45, 7) is 2.93. The van der Waals surface area contributed by atoms with Crippen LogP contribution < -0.4 is 5.32 Å². The first-order valence-corrected chi connectivity index (χ1v) is 5.32. The van der Waals surface area contributed by atoms with Crippen LogP contribution in [0.2, 0.25) is 0 Å². The predicted molar refractivity (Wildman–Crippen MR) is 62.2 cm³/mol. The maximum Gasteiger partial charge on any atom is 0.253 e. The van der Waals surface area contributed by atoms with Crippen molar-refractivity contribution >= 4 is 11.6 Å². The summed E-state index contributed by atoms with van der Waals surface area (Å²) >= 11 is 0. The zero-order chi connectivity index (χ0) is 13.0. The van der Waals surface area contributed by atoms with Gasteiger partial charge in [0.1, 0.15) is 11.9 Å². The van der Waals surface area contributed by atoms with E-state index in [1.807, 2.05) is 0 Å². The molecule has 94 valence electrons. The largest absolute Gasteiger partial charge is 0.396 e. The Balaban J connectivity index is 2.79. The predicted octanol–water partition coefficient (Wildman–Crippen LogP) is 1.12. The van der Waals surface area contributed by atoms with Crippen molar-refractivity contribution in [1.29, 1.82) is 0 Å². The lowest BCUT2D eigenvalue weighted by Gasteiger charge is -2.12. The first-order chi connectivity index (χ1) is 7.95. The van der Waals surface area contributed by atoms with Crippen molar-refractivity contribution < 1.29 is 19.4 Å². The average molecular weight is 241 g/mol. The summed E-state index contributed by atoms with van der Waals surface area (Å²) in [6, 6.07) is 2.98. The number of carbonyl (C=O) groups excluding carboxylic acids is 1. The number of anilines is 1. The van der Waals surface area contributed by atoms with E-state index in [1.165, 1.54) is 12.1 Å². The summed E-state index contributed by atoms with van der Waals surface area (Å²) in [5.74, 6) is -0.914. The number of hydrogen-bond acceptors (Lipinski definition) is 3. The molecule has 1 aromatic rings. The van der Waals surface area contributed by atoms with E-state index < -0.39 is 12.0 Å². The van der Waals surface area contributed by atoms with E-state index in [0.29, 0.717) is 16.8 Å². The second kappa shape index (κ2) is 5.75. The second-order valence-electron chi connectivity index (χ2n) is 3.94. The fraction of sp³-hybridized carbons (Fsp3) is 0.417. The Morgan fingerprint density at radius 1 is 1.41 bits per heavy atom. The van der Waals surface area contributed by atoms with E-state index in [4.69, 9.17) is 5.11 Å². The van der Waals surface area contributed by atoms with Gasteiger partial charge >= 0.3 is 0 Å². The molecule has 0 aliphatic heterocycles. The Morgan fingerprint density at radius 3 is 2.41 bits per heavy atom. The lowest BCUT2D eigenvalue weighted by Crippen LogP contribution is -2.28. The normalized spacial score (nSPS) is 12.3. The Hall–Kier alpha value is -1.46. The molecule has 0 heterocycles. The van der Waals surface area contributed by atoms with Gasteiger partial charge in [-0.15, -0.1) is 0 Å². The number of benzene rings is 1. The highest BCUT2D eigenvalue weighted by Crippen LogP contribution is 2.18. The van der Waals surface area contributed by atoms with Gasteiger partial charge in [0, 0.05) is 18.7 Å². The van der Waals surface area contributed by atoms with Gasteiger partial charge in [-0.25, -0.2) is 4.39 Å². The molecule has 1 rings (SSSR count). The van der Waals surface area contributed by atoms with Gasteiger partial charge in [-0.05, 0) is 37.1 Å². The molecular weight excluding hydrogens is 225 g/mol. The molecule has 4 nitrogen and oxygen atoms in total. The average Bonchev–Trinajstić information content (AvgIpc) is 2.26. The molecule has 1 atom stereocenters. The quantitative estimate of drug-likeness (QED) is 0.740. The van der Waals surface area contributed by atoms with Gasteiger partial charge in [-0.3, -0.25) is 4.79 Å². The molecule has 0 fully saturated rings. The molecule has 5 heteroatoms. The minimum atomic E-state index is -1.26. The van der Waals surface area contributed by atoms with Gasteiger partial charge in [-0.2, -0.15) is 0 Å². The van der Waals surface area contributed by atoms with Crippen molar-refractivity contribution in [3.63, 3.8) is 0 Å². The molecule has 0 aliphatic carbocycles. The van der Waals surface area contributed by atoms with Crippen LogP contribution in [-0.4, -0.2) is 28.8 Å². The van der Waals surface area contributed by atoms with E-state index in [2.05, 4.69) is 5.32 Å². The molecule has 0 aromatic heterocycles. The van der Waals surface area contributed by atoms with E-state index in [-0.39, 0.29) is 18.8 Å². The molecule has 0 bridgehead atoms. The third-order valence-electron chi connectivity index (χ3n) is 2.41. The minimum absolute atomic E-state index is 0.0228. The van der Waals surface area contributed by atoms with Gasteiger partial charge in [0.25, 0.3) is 5.91 Å². The Labute approximate surface area is 99.1 Å². The van der Waals surface area contributed by atoms with Crippen LogP contribution in [0, 0.1) is 19.7 Å². The van der Waals surface area contributed by atoms with Gasteiger partial charge in [0.05, 0.1) is 0 Å². The number of hydrogen-bond donors (Lipinski definition) is 3. The highest BCUT2D eigenvalue weighted by Gasteiger charge is 2.15. The SMILES string of the molecule is Cc1cc(NC(=O)C(O)CCO)cc(C)c1F. The molecule has 0 radical (unpaired) electrons. The zero-order valence-corrected chi connectivity index (χ0v) is 9.83. The minimum Gasteiger partial charge on any atom is -0.396 e. The fourth-order valence-electron chi connectivity index (χ4n) is 1.50. The summed E-state index contributed by atoms with van der Waals surface area (Å²) in [6.07, 6.45) is -1.28. The van der Waals surface area contributed by atoms with Crippen LogP contribution in [0.4, 0.5) is 10.1 Å². The third kappa shape index (κ3) is 3.51. The van der Waals surface area contributed by atoms with Crippen molar-refractivity contribution in [1.82, 2.24) is 0 Å². The van der Waals surface area contributed by atoms with Gasteiger partial charge in [0.2, 0.25) is 0 Å².